The summed E-state index contributed by atoms with van der Waals surface area (Å²) in [5.74, 6) is 0.208. The largest absolute Gasteiger partial charge is 0.356 e. The number of rotatable bonds is 4. The molecular weight excluding hydrogens is 332 g/mol. The molecule has 0 spiro atoms. The second kappa shape index (κ2) is 7.59. The van der Waals surface area contributed by atoms with Crippen LogP contribution in [0.15, 0.2) is 28.7 Å². The maximum absolute atomic E-state index is 12.5. The predicted octanol–water partition coefficient (Wildman–Crippen LogP) is 2.83. The Morgan fingerprint density at radius 3 is 2.57 bits per heavy atom. The van der Waals surface area contributed by atoms with Gasteiger partial charge in [-0.25, -0.2) is 0 Å². The number of piperidine rings is 1. The van der Waals surface area contributed by atoms with Crippen molar-refractivity contribution < 1.29 is 9.59 Å². The average molecular weight is 353 g/mol. The molecular formula is C16H21BrN2O2. The SMILES string of the molecule is CCCNC(=O)C1CCN(C(=O)c2ccccc2Br)CC1. The van der Waals surface area contributed by atoms with Crippen LogP contribution < -0.4 is 5.32 Å². The van der Waals surface area contributed by atoms with Crippen LogP contribution in [-0.2, 0) is 4.79 Å². The molecule has 2 amide bonds. The van der Waals surface area contributed by atoms with E-state index in [0.29, 0.717) is 18.7 Å². The molecule has 21 heavy (non-hydrogen) atoms. The van der Waals surface area contributed by atoms with E-state index in [9.17, 15) is 9.59 Å². The molecule has 1 aliphatic heterocycles. The summed E-state index contributed by atoms with van der Waals surface area (Å²) in [6.07, 6.45) is 2.43. The van der Waals surface area contributed by atoms with Crippen LogP contribution >= 0.6 is 15.9 Å². The van der Waals surface area contributed by atoms with Gasteiger partial charge in [0, 0.05) is 30.0 Å². The first-order valence-electron chi connectivity index (χ1n) is 7.45. The van der Waals surface area contributed by atoms with Gasteiger partial charge in [0.25, 0.3) is 5.91 Å². The van der Waals surface area contributed by atoms with Gasteiger partial charge in [-0.15, -0.1) is 0 Å². The third-order valence-corrected chi connectivity index (χ3v) is 4.50. The average Bonchev–Trinajstić information content (AvgIpc) is 2.52. The van der Waals surface area contributed by atoms with Gasteiger partial charge >= 0.3 is 0 Å². The summed E-state index contributed by atoms with van der Waals surface area (Å²) in [4.78, 5) is 26.2. The van der Waals surface area contributed by atoms with E-state index in [0.717, 1.165) is 30.3 Å². The lowest BCUT2D eigenvalue weighted by Gasteiger charge is -2.31. The lowest BCUT2D eigenvalue weighted by atomic mass is 9.95. The van der Waals surface area contributed by atoms with E-state index in [4.69, 9.17) is 0 Å². The normalized spacial score (nSPS) is 15.8. The smallest absolute Gasteiger partial charge is 0.254 e. The van der Waals surface area contributed by atoms with E-state index < -0.39 is 0 Å². The minimum atomic E-state index is 0.0369. The molecule has 1 N–H and O–H groups in total. The van der Waals surface area contributed by atoms with Gasteiger partial charge in [0.2, 0.25) is 5.91 Å². The number of carbonyl (C=O) groups is 2. The van der Waals surface area contributed by atoms with Gasteiger partial charge in [0.05, 0.1) is 5.56 Å². The van der Waals surface area contributed by atoms with Crippen LogP contribution in [0.4, 0.5) is 0 Å². The predicted molar refractivity (Wildman–Crippen MR) is 86.1 cm³/mol. The molecule has 114 valence electrons. The van der Waals surface area contributed by atoms with Gasteiger partial charge in [-0.05, 0) is 47.3 Å². The monoisotopic (exact) mass is 352 g/mol. The molecule has 0 aromatic heterocycles. The van der Waals surface area contributed by atoms with Crippen molar-refractivity contribution in [2.45, 2.75) is 26.2 Å². The van der Waals surface area contributed by atoms with Gasteiger partial charge in [-0.3, -0.25) is 9.59 Å². The third kappa shape index (κ3) is 4.06. The maximum atomic E-state index is 12.5. The summed E-state index contributed by atoms with van der Waals surface area (Å²) in [6, 6.07) is 7.46. The summed E-state index contributed by atoms with van der Waals surface area (Å²) >= 11 is 3.42. The Balaban J connectivity index is 1.91. The van der Waals surface area contributed by atoms with Gasteiger partial charge < -0.3 is 10.2 Å². The first-order chi connectivity index (χ1) is 10.1. The first-order valence-corrected chi connectivity index (χ1v) is 8.24. The van der Waals surface area contributed by atoms with Crippen LogP contribution in [0.25, 0.3) is 0 Å². The number of halogens is 1. The molecule has 0 radical (unpaired) electrons. The first kappa shape index (κ1) is 16.0. The molecule has 0 saturated carbocycles. The van der Waals surface area contributed by atoms with Gasteiger partial charge in [0.1, 0.15) is 0 Å². The van der Waals surface area contributed by atoms with E-state index >= 15 is 0 Å². The van der Waals surface area contributed by atoms with Crippen molar-refractivity contribution in [3.8, 4) is 0 Å². The van der Waals surface area contributed by atoms with Crippen LogP contribution in [0.3, 0.4) is 0 Å². The highest BCUT2D eigenvalue weighted by Gasteiger charge is 2.28. The number of carbonyl (C=O) groups excluding carboxylic acids is 2. The van der Waals surface area contributed by atoms with E-state index in [2.05, 4.69) is 21.2 Å². The molecule has 0 atom stereocenters. The van der Waals surface area contributed by atoms with Crippen molar-refractivity contribution >= 4 is 27.7 Å². The highest BCUT2D eigenvalue weighted by atomic mass is 79.9. The van der Waals surface area contributed by atoms with Crippen LogP contribution in [0.5, 0.6) is 0 Å². The molecule has 1 saturated heterocycles. The maximum Gasteiger partial charge on any atom is 0.254 e. The molecule has 1 aromatic rings. The van der Waals surface area contributed by atoms with Crippen LogP contribution in [-0.4, -0.2) is 36.3 Å². The Kier molecular flexibility index (Phi) is 5.79. The fourth-order valence-corrected chi connectivity index (χ4v) is 3.00. The lowest BCUT2D eigenvalue weighted by Crippen LogP contribution is -2.43. The van der Waals surface area contributed by atoms with Crippen molar-refractivity contribution in [3.63, 3.8) is 0 Å². The summed E-state index contributed by atoms with van der Waals surface area (Å²) in [5.41, 5.74) is 0.686. The summed E-state index contributed by atoms with van der Waals surface area (Å²) in [7, 11) is 0. The number of hydrogen-bond donors (Lipinski definition) is 1. The van der Waals surface area contributed by atoms with E-state index in [-0.39, 0.29) is 17.7 Å². The van der Waals surface area contributed by atoms with Crippen LogP contribution in [0.1, 0.15) is 36.5 Å². The second-order valence-electron chi connectivity index (χ2n) is 5.34. The molecule has 0 unspecified atom stereocenters. The van der Waals surface area contributed by atoms with Crippen LogP contribution in [0.2, 0.25) is 0 Å². The third-order valence-electron chi connectivity index (χ3n) is 3.81. The fourth-order valence-electron chi connectivity index (χ4n) is 2.54. The van der Waals surface area contributed by atoms with E-state index in [1.165, 1.54) is 0 Å². The minimum absolute atomic E-state index is 0.0369. The molecule has 1 aliphatic rings. The van der Waals surface area contributed by atoms with Gasteiger partial charge in [-0.2, -0.15) is 0 Å². The topological polar surface area (TPSA) is 49.4 Å². The van der Waals surface area contributed by atoms with Crippen molar-refractivity contribution in [2.24, 2.45) is 5.92 Å². The summed E-state index contributed by atoms with van der Waals surface area (Å²) in [5, 5.41) is 2.94. The molecule has 1 aromatic carbocycles. The fraction of sp³-hybridized carbons (Fsp3) is 0.500. The molecule has 0 aliphatic carbocycles. The number of nitrogens with zero attached hydrogens (tertiary/aromatic N) is 1. The van der Waals surface area contributed by atoms with Crippen molar-refractivity contribution in [1.82, 2.24) is 10.2 Å². The zero-order valence-electron chi connectivity index (χ0n) is 12.3. The highest BCUT2D eigenvalue weighted by molar-refractivity contribution is 9.10. The number of hydrogen-bond acceptors (Lipinski definition) is 2. The van der Waals surface area contributed by atoms with E-state index in [1.807, 2.05) is 36.1 Å². The molecule has 1 heterocycles. The number of benzene rings is 1. The molecule has 5 heteroatoms. The quantitative estimate of drug-likeness (QED) is 0.905. The van der Waals surface area contributed by atoms with Crippen molar-refractivity contribution in [1.29, 1.82) is 0 Å². The van der Waals surface area contributed by atoms with Crippen molar-refractivity contribution in [3.05, 3.63) is 34.3 Å². The second-order valence-corrected chi connectivity index (χ2v) is 6.19. The Labute approximate surface area is 134 Å². The molecule has 0 bridgehead atoms. The van der Waals surface area contributed by atoms with Crippen molar-refractivity contribution in [2.75, 3.05) is 19.6 Å². The zero-order valence-corrected chi connectivity index (χ0v) is 13.9. The molecule has 4 nitrogen and oxygen atoms in total. The molecule has 1 fully saturated rings. The molecule has 2 rings (SSSR count). The Hall–Kier alpha value is -1.36. The Morgan fingerprint density at radius 2 is 1.95 bits per heavy atom. The minimum Gasteiger partial charge on any atom is -0.356 e. The number of amides is 2. The number of likely N-dealkylation sites (tertiary alicyclic amines) is 1. The zero-order chi connectivity index (χ0) is 15.2. The number of nitrogens with one attached hydrogen (secondary N) is 1. The van der Waals surface area contributed by atoms with Gasteiger partial charge in [0.15, 0.2) is 0 Å². The Morgan fingerprint density at radius 1 is 1.29 bits per heavy atom. The van der Waals surface area contributed by atoms with E-state index in [1.54, 1.807) is 0 Å². The Bertz CT molecular complexity index is 511. The standard InChI is InChI=1S/C16H21BrN2O2/c1-2-9-18-15(20)12-7-10-19(11-8-12)16(21)13-5-3-4-6-14(13)17/h3-6,12H,2,7-11H2,1H3,(H,18,20). The summed E-state index contributed by atoms with van der Waals surface area (Å²) in [6.45, 7) is 4.06. The lowest BCUT2D eigenvalue weighted by molar-refractivity contribution is -0.126. The van der Waals surface area contributed by atoms with Crippen LogP contribution in [0, 0.1) is 5.92 Å². The highest BCUT2D eigenvalue weighted by Crippen LogP contribution is 2.22. The summed E-state index contributed by atoms with van der Waals surface area (Å²) < 4.78 is 0.817. The van der Waals surface area contributed by atoms with Gasteiger partial charge in [-0.1, -0.05) is 19.1 Å².